The summed E-state index contributed by atoms with van der Waals surface area (Å²) in [6.07, 6.45) is 3.05. The Labute approximate surface area is 158 Å². The fraction of sp³-hybridized carbons (Fsp3) is 0.273. The molecule has 134 valence electrons. The zero-order valence-electron chi connectivity index (χ0n) is 15.3. The Bertz CT molecular complexity index is 1020. The Balaban J connectivity index is 1.98. The van der Waals surface area contributed by atoms with E-state index in [2.05, 4.69) is 41.8 Å². The van der Waals surface area contributed by atoms with Crippen LogP contribution in [0.5, 0.6) is 0 Å². The third kappa shape index (κ3) is 2.76. The summed E-state index contributed by atoms with van der Waals surface area (Å²) in [4.78, 5) is 2.35. The van der Waals surface area contributed by atoms with Crippen LogP contribution in [0.2, 0.25) is 5.02 Å². The molecule has 1 unspecified atom stereocenters. The van der Waals surface area contributed by atoms with Crippen molar-refractivity contribution in [3.05, 3.63) is 70.1 Å². The molecule has 0 saturated heterocycles. The molecule has 0 bridgehead atoms. The Kier molecular flexibility index (Phi) is 4.37. The number of benzene rings is 2. The Morgan fingerprint density at radius 3 is 2.77 bits per heavy atom. The summed E-state index contributed by atoms with van der Waals surface area (Å²) < 4.78 is 16.5. The third-order valence-electron chi connectivity index (χ3n) is 5.50. The van der Waals surface area contributed by atoms with Crippen molar-refractivity contribution in [1.82, 2.24) is 9.47 Å². The number of nitrogens with zero attached hydrogens (tertiary/aromatic N) is 2. The van der Waals surface area contributed by atoms with Crippen LogP contribution in [0.25, 0.3) is 22.7 Å². The van der Waals surface area contributed by atoms with Crippen LogP contribution in [0.4, 0.5) is 4.39 Å². The molecule has 0 spiro atoms. The lowest BCUT2D eigenvalue weighted by Crippen LogP contribution is -2.31. The van der Waals surface area contributed by atoms with Crippen LogP contribution >= 0.6 is 11.6 Å². The second kappa shape index (κ2) is 6.57. The normalized spacial score (nSPS) is 18.3. The van der Waals surface area contributed by atoms with Crippen LogP contribution in [0.3, 0.4) is 0 Å². The van der Waals surface area contributed by atoms with Crippen molar-refractivity contribution in [1.29, 1.82) is 0 Å². The van der Waals surface area contributed by atoms with E-state index in [9.17, 15) is 4.39 Å². The van der Waals surface area contributed by atoms with E-state index in [1.54, 1.807) is 6.07 Å². The molecular weight excluding hydrogens is 347 g/mol. The first-order valence-electron chi connectivity index (χ1n) is 8.93. The van der Waals surface area contributed by atoms with Crippen molar-refractivity contribution in [2.45, 2.75) is 26.3 Å². The highest BCUT2D eigenvalue weighted by Crippen LogP contribution is 2.38. The first kappa shape index (κ1) is 17.3. The Hall–Kier alpha value is -2.10. The van der Waals surface area contributed by atoms with Crippen molar-refractivity contribution >= 4 is 34.3 Å². The van der Waals surface area contributed by atoms with E-state index >= 15 is 0 Å². The van der Waals surface area contributed by atoms with Gasteiger partial charge in [-0.1, -0.05) is 29.8 Å². The predicted octanol–water partition coefficient (Wildman–Crippen LogP) is 6.00. The molecule has 3 aromatic rings. The van der Waals surface area contributed by atoms with E-state index in [-0.39, 0.29) is 11.9 Å². The molecule has 2 nitrogen and oxygen atoms in total. The van der Waals surface area contributed by atoms with Crippen molar-refractivity contribution in [3.63, 3.8) is 0 Å². The molecule has 2 heterocycles. The Morgan fingerprint density at radius 1 is 1.23 bits per heavy atom. The summed E-state index contributed by atoms with van der Waals surface area (Å²) >= 11 is 6.27. The maximum atomic E-state index is 14.2. The first-order valence-corrected chi connectivity index (χ1v) is 9.31. The van der Waals surface area contributed by atoms with Crippen LogP contribution in [-0.2, 0) is 6.42 Å². The highest BCUT2D eigenvalue weighted by Gasteiger charge is 2.27. The topological polar surface area (TPSA) is 8.17 Å². The molecule has 0 aliphatic carbocycles. The minimum atomic E-state index is -0.195. The fourth-order valence-corrected chi connectivity index (χ4v) is 4.14. The molecule has 2 aromatic carbocycles. The van der Waals surface area contributed by atoms with Gasteiger partial charge in [0.25, 0.3) is 0 Å². The maximum Gasteiger partial charge on any atom is 0.130 e. The lowest BCUT2D eigenvalue weighted by molar-refractivity contribution is 0.242. The van der Waals surface area contributed by atoms with Crippen molar-refractivity contribution < 1.29 is 4.39 Å². The number of likely N-dealkylation sites (N-methyl/N-ethyl adjacent to an activating group) is 1. The molecule has 0 radical (unpaired) electrons. The summed E-state index contributed by atoms with van der Waals surface area (Å²) in [5.74, 6) is -0.195. The quantitative estimate of drug-likeness (QED) is 0.538. The van der Waals surface area contributed by atoms with Gasteiger partial charge in [-0.25, -0.2) is 4.39 Å². The average Bonchev–Trinajstić information content (AvgIpc) is 2.92. The van der Waals surface area contributed by atoms with Crippen LogP contribution in [0.1, 0.15) is 36.7 Å². The SMILES string of the molecule is C/C(=C\n1c2c(c3cc(Cl)ccc31)CCN(C)C2C)c1ccccc1F. The van der Waals surface area contributed by atoms with Gasteiger partial charge in [-0.05, 0) is 62.7 Å². The number of hydrogen-bond acceptors (Lipinski definition) is 1. The highest BCUT2D eigenvalue weighted by molar-refractivity contribution is 6.31. The monoisotopic (exact) mass is 368 g/mol. The van der Waals surface area contributed by atoms with Crippen molar-refractivity contribution in [2.24, 2.45) is 0 Å². The summed E-state index contributed by atoms with van der Waals surface area (Å²) in [6.45, 7) is 5.21. The van der Waals surface area contributed by atoms with Gasteiger partial charge in [0.05, 0.1) is 5.52 Å². The molecule has 0 saturated carbocycles. The molecule has 1 aliphatic rings. The number of halogens is 2. The van der Waals surface area contributed by atoms with Crippen molar-refractivity contribution in [3.8, 4) is 0 Å². The number of hydrogen-bond donors (Lipinski definition) is 0. The van der Waals surface area contributed by atoms with Crippen LogP contribution in [0.15, 0.2) is 42.5 Å². The third-order valence-corrected chi connectivity index (χ3v) is 5.74. The summed E-state index contributed by atoms with van der Waals surface area (Å²) in [5, 5.41) is 1.95. The molecule has 0 amide bonds. The smallest absolute Gasteiger partial charge is 0.130 e. The average molecular weight is 369 g/mol. The molecule has 0 fully saturated rings. The minimum absolute atomic E-state index is 0.195. The van der Waals surface area contributed by atoms with E-state index in [0.29, 0.717) is 5.56 Å². The van der Waals surface area contributed by atoms with Crippen LogP contribution < -0.4 is 0 Å². The zero-order chi connectivity index (χ0) is 18.4. The fourth-order valence-electron chi connectivity index (χ4n) is 3.96. The van der Waals surface area contributed by atoms with Gasteiger partial charge in [-0.3, -0.25) is 4.90 Å². The molecule has 4 heteroatoms. The van der Waals surface area contributed by atoms with E-state index < -0.39 is 0 Å². The summed E-state index contributed by atoms with van der Waals surface area (Å²) in [7, 11) is 2.15. The van der Waals surface area contributed by atoms with Crippen molar-refractivity contribution in [2.75, 3.05) is 13.6 Å². The highest BCUT2D eigenvalue weighted by atomic mass is 35.5. The van der Waals surface area contributed by atoms with Gasteiger partial charge < -0.3 is 4.57 Å². The number of aromatic nitrogens is 1. The minimum Gasteiger partial charge on any atom is -0.318 e. The van der Waals surface area contributed by atoms with Gasteiger partial charge in [0.1, 0.15) is 5.82 Å². The lowest BCUT2D eigenvalue weighted by atomic mass is 9.99. The van der Waals surface area contributed by atoms with Gasteiger partial charge in [0.15, 0.2) is 0 Å². The molecule has 1 aliphatic heterocycles. The molecule has 1 atom stereocenters. The van der Waals surface area contributed by atoms with Gasteiger partial charge in [0, 0.05) is 40.5 Å². The number of allylic oxidation sites excluding steroid dienone is 1. The van der Waals surface area contributed by atoms with Gasteiger partial charge in [-0.2, -0.15) is 0 Å². The standard InChI is InChI=1S/C22H22ClFN2/c1-14(17-6-4-5-7-20(17)24)13-26-21-9-8-16(23)12-19(21)18-10-11-25(3)15(2)22(18)26/h4-9,12-13,15H,10-11H2,1-3H3/b14-13+. The largest absolute Gasteiger partial charge is 0.318 e. The number of rotatable bonds is 2. The molecule has 1 aromatic heterocycles. The molecule has 26 heavy (non-hydrogen) atoms. The molecule has 0 N–H and O–H groups in total. The van der Waals surface area contributed by atoms with E-state index in [4.69, 9.17) is 11.6 Å². The Morgan fingerprint density at radius 2 is 2.00 bits per heavy atom. The summed E-state index contributed by atoms with van der Waals surface area (Å²) in [6, 6.07) is 13.2. The van der Waals surface area contributed by atoms with Gasteiger partial charge >= 0.3 is 0 Å². The predicted molar refractivity (Wildman–Crippen MR) is 108 cm³/mol. The molecular formula is C22H22ClFN2. The summed E-state index contributed by atoms with van der Waals surface area (Å²) in [5.41, 5.74) is 5.28. The second-order valence-electron chi connectivity index (χ2n) is 7.09. The van der Waals surface area contributed by atoms with E-state index in [0.717, 1.165) is 29.1 Å². The maximum absolute atomic E-state index is 14.2. The van der Waals surface area contributed by atoms with Gasteiger partial charge in [-0.15, -0.1) is 0 Å². The lowest BCUT2D eigenvalue weighted by Gasteiger charge is -2.31. The van der Waals surface area contributed by atoms with E-state index in [1.165, 1.54) is 22.7 Å². The van der Waals surface area contributed by atoms with Crippen LogP contribution in [-0.4, -0.2) is 23.1 Å². The zero-order valence-corrected chi connectivity index (χ0v) is 16.0. The molecule has 4 rings (SSSR count). The van der Waals surface area contributed by atoms with Gasteiger partial charge in [0.2, 0.25) is 0 Å². The van der Waals surface area contributed by atoms with Crippen LogP contribution in [0, 0.1) is 5.82 Å². The first-order chi connectivity index (χ1) is 12.5. The number of fused-ring (bicyclic) bond motifs is 3. The van der Waals surface area contributed by atoms with E-state index in [1.807, 2.05) is 25.1 Å². The second-order valence-corrected chi connectivity index (χ2v) is 7.53.